The third-order valence-electron chi connectivity index (χ3n) is 4.69. The molecule has 7 heteroatoms. The number of hydrogen-bond acceptors (Lipinski definition) is 6. The van der Waals surface area contributed by atoms with E-state index in [4.69, 9.17) is 10.5 Å². The fourth-order valence-electron chi connectivity index (χ4n) is 3.60. The average Bonchev–Trinajstić information content (AvgIpc) is 2.92. The minimum absolute atomic E-state index is 0.0306. The summed E-state index contributed by atoms with van der Waals surface area (Å²) in [5.74, 6) is 1.73. The van der Waals surface area contributed by atoms with Crippen molar-refractivity contribution in [3.63, 3.8) is 0 Å². The van der Waals surface area contributed by atoms with Crippen LogP contribution in [0.2, 0.25) is 0 Å². The lowest BCUT2D eigenvalue weighted by molar-refractivity contribution is -0.384. The zero-order valence-electron chi connectivity index (χ0n) is 12.1. The van der Waals surface area contributed by atoms with Gasteiger partial charge in [0.2, 0.25) is 11.7 Å². The van der Waals surface area contributed by atoms with Crippen LogP contribution in [-0.2, 0) is 0 Å². The zero-order valence-corrected chi connectivity index (χ0v) is 12.1. The zero-order chi connectivity index (χ0) is 15.0. The van der Waals surface area contributed by atoms with E-state index in [1.165, 1.54) is 19.2 Å². The van der Waals surface area contributed by atoms with Crippen LogP contribution in [0.5, 0.6) is 5.88 Å². The van der Waals surface area contributed by atoms with E-state index in [2.05, 4.69) is 4.98 Å². The molecule has 114 valence electrons. The summed E-state index contributed by atoms with van der Waals surface area (Å²) >= 11 is 0. The van der Waals surface area contributed by atoms with Crippen molar-refractivity contribution in [1.29, 1.82) is 0 Å². The molecule has 0 spiro atoms. The lowest BCUT2D eigenvalue weighted by atomic mass is 9.78. The van der Waals surface area contributed by atoms with Crippen LogP contribution in [0.3, 0.4) is 0 Å². The van der Waals surface area contributed by atoms with Gasteiger partial charge < -0.3 is 15.4 Å². The monoisotopic (exact) mass is 292 g/mol. The fraction of sp³-hybridized carbons (Fsp3) is 0.643. The third-order valence-corrected chi connectivity index (χ3v) is 4.69. The minimum atomic E-state index is -0.385. The summed E-state index contributed by atoms with van der Waals surface area (Å²) in [6.07, 6.45) is 3.33. The Hall–Kier alpha value is -1.89. The Balaban J connectivity index is 1.91. The van der Waals surface area contributed by atoms with Crippen LogP contribution in [0.15, 0.2) is 12.1 Å². The topological polar surface area (TPSA) is 94.5 Å². The van der Waals surface area contributed by atoms with Crippen LogP contribution in [0.4, 0.5) is 11.5 Å². The molecule has 1 saturated heterocycles. The molecule has 3 atom stereocenters. The summed E-state index contributed by atoms with van der Waals surface area (Å²) in [6, 6.07) is 3.18. The SMILES string of the molecule is COc1ccc([N+](=O)[O-])c(N2CC3CCCC(N)C3C2)n1. The van der Waals surface area contributed by atoms with Crippen molar-refractivity contribution in [2.24, 2.45) is 17.6 Å². The van der Waals surface area contributed by atoms with E-state index in [9.17, 15) is 10.1 Å². The number of anilines is 1. The Morgan fingerprint density at radius 1 is 1.43 bits per heavy atom. The number of fused-ring (bicyclic) bond motifs is 1. The van der Waals surface area contributed by atoms with Crippen LogP contribution >= 0.6 is 0 Å². The highest BCUT2D eigenvalue weighted by Gasteiger charge is 2.40. The first-order valence-electron chi connectivity index (χ1n) is 7.30. The van der Waals surface area contributed by atoms with Gasteiger partial charge in [-0.1, -0.05) is 6.42 Å². The van der Waals surface area contributed by atoms with Crippen molar-refractivity contribution in [1.82, 2.24) is 4.98 Å². The molecule has 0 aromatic carbocycles. The molecule has 0 amide bonds. The van der Waals surface area contributed by atoms with E-state index >= 15 is 0 Å². The predicted molar refractivity (Wildman–Crippen MR) is 78.5 cm³/mol. The number of ether oxygens (including phenoxy) is 1. The molecular formula is C14H20N4O3. The van der Waals surface area contributed by atoms with Gasteiger partial charge >= 0.3 is 5.69 Å². The van der Waals surface area contributed by atoms with Crippen molar-refractivity contribution in [2.45, 2.75) is 25.3 Å². The Bertz CT molecular complexity index is 551. The van der Waals surface area contributed by atoms with E-state index in [1.807, 2.05) is 4.90 Å². The molecule has 1 aliphatic heterocycles. The number of nitrogens with zero attached hydrogens (tertiary/aromatic N) is 3. The molecule has 1 aliphatic carbocycles. The lowest BCUT2D eigenvalue weighted by Crippen LogP contribution is -2.38. The molecule has 1 aromatic rings. The highest BCUT2D eigenvalue weighted by molar-refractivity contribution is 5.59. The van der Waals surface area contributed by atoms with Crippen LogP contribution in [0.1, 0.15) is 19.3 Å². The smallest absolute Gasteiger partial charge is 0.311 e. The van der Waals surface area contributed by atoms with E-state index in [1.54, 1.807) is 0 Å². The van der Waals surface area contributed by atoms with Gasteiger partial charge in [-0.15, -0.1) is 0 Å². The summed E-state index contributed by atoms with van der Waals surface area (Å²) in [4.78, 5) is 17.1. The van der Waals surface area contributed by atoms with Crippen molar-refractivity contribution in [2.75, 3.05) is 25.1 Å². The molecule has 1 aromatic heterocycles. The van der Waals surface area contributed by atoms with Gasteiger partial charge in [-0.2, -0.15) is 4.98 Å². The Kier molecular flexibility index (Phi) is 3.67. The van der Waals surface area contributed by atoms with E-state index in [-0.39, 0.29) is 16.7 Å². The lowest BCUT2D eigenvalue weighted by Gasteiger charge is -2.29. The second-order valence-electron chi connectivity index (χ2n) is 5.88. The molecule has 1 saturated carbocycles. The molecule has 0 bridgehead atoms. The molecule has 3 rings (SSSR count). The van der Waals surface area contributed by atoms with Gasteiger partial charge in [0.1, 0.15) is 0 Å². The maximum atomic E-state index is 11.2. The third kappa shape index (κ3) is 2.53. The largest absolute Gasteiger partial charge is 0.481 e. The summed E-state index contributed by atoms with van der Waals surface area (Å²) in [5.41, 5.74) is 6.24. The molecule has 2 aliphatic rings. The Labute approximate surface area is 123 Å². The molecule has 7 nitrogen and oxygen atoms in total. The van der Waals surface area contributed by atoms with Gasteiger partial charge in [0.15, 0.2) is 0 Å². The quantitative estimate of drug-likeness (QED) is 0.671. The summed E-state index contributed by atoms with van der Waals surface area (Å²) in [5, 5.41) is 11.2. The van der Waals surface area contributed by atoms with Crippen molar-refractivity contribution in [3.05, 3.63) is 22.2 Å². The van der Waals surface area contributed by atoms with Crippen LogP contribution in [0.25, 0.3) is 0 Å². The average molecular weight is 292 g/mol. The van der Waals surface area contributed by atoms with Crippen LogP contribution in [0, 0.1) is 22.0 Å². The number of pyridine rings is 1. The van der Waals surface area contributed by atoms with Crippen molar-refractivity contribution < 1.29 is 9.66 Å². The van der Waals surface area contributed by atoms with Crippen LogP contribution in [-0.4, -0.2) is 36.1 Å². The van der Waals surface area contributed by atoms with E-state index in [0.29, 0.717) is 23.5 Å². The first-order valence-corrected chi connectivity index (χ1v) is 7.30. The van der Waals surface area contributed by atoms with Gasteiger partial charge in [-0.25, -0.2) is 0 Å². The van der Waals surface area contributed by atoms with Gasteiger partial charge in [0, 0.05) is 31.3 Å². The first-order chi connectivity index (χ1) is 10.1. The number of rotatable bonds is 3. The second-order valence-corrected chi connectivity index (χ2v) is 5.88. The maximum absolute atomic E-state index is 11.2. The molecule has 2 fully saturated rings. The number of nitrogens with two attached hydrogens (primary N) is 1. The predicted octanol–water partition coefficient (Wildman–Crippen LogP) is 1.56. The second kappa shape index (κ2) is 5.48. The summed E-state index contributed by atoms with van der Waals surface area (Å²) in [7, 11) is 1.51. The summed E-state index contributed by atoms with van der Waals surface area (Å²) in [6.45, 7) is 1.53. The molecule has 21 heavy (non-hydrogen) atoms. The van der Waals surface area contributed by atoms with E-state index < -0.39 is 0 Å². The highest BCUT2D eigenvalue weighted by Crippen LogP contribution is 2.39. The molecular weight excluding hydrogens is 272 g/mol. The highest BCUT2D eigenvalue weighted by atomic mass is 16.6. The van der Waals surface area contributed by atoms with Gasteiger partial charge in [0.25, 0.3) is 0 Å². The molecule has 2 N–H and O–H groups in total. The fourth-order valence-corrected chi connectivity index (χ4v) is 3.60. The standard InChI is InChI=1S/C14H20N4O3/c1-21-13-6-5-12(18(19)20)14(16-13)17-7-9-3-2-4-11(15)10(9)8-17/h5-6,9-11H,2-4,7-8,15H2,1H3. The van der Waals surface area contributed by atoms with Crippen LogP contribution < -0.4 is 15.4 Å². The van der Waals surface area contributed by atoms with Gasteiger partial charge in [0.05, 0.1) is 12.0 Å². The van der Waals surface area contributed by atoms with Gasteiger partial charge in [-0.05, 0) is 24.7 Å². The molecule has 2 heterocycles. The molecule has 0 radical (unpaired) electrons. The maximum Gasteiger partial charge on any atom is 0.311 e. The summed E-state index contributed by atoms with van der Waals surface area (Å²) < 4.78 is 5.10. The number of nitro groups is 1. The molecule has 3 unspecified atom stereocenters. The van der Waals surface area contributed by atoms with Crippen molar-refractivity contribution >= 4 is 11.5 Å². The number of aromatic nitrogens is 1. The first kappa shape index (κ1) is 14.1. The van der Waals surface area contributed by atoms with Gasteiger partial charge in [-0.3, -0.25) is 10.1 Å². The number of methoxy groups -OCH3 is 1. The Morgan fingerprint density at radius 2 is 2.24 bits per heavy atom. The Morgan fingerprint density at radius 3 is 2.90 bits per heavy atom. The number of hydrogen-bond donors (Lipinski definition) is 1. The van der Waals surface area contributed by atoms with Crippen molar-refractivity contribution in [3.8, 4) is 5.88 Å². The normalized spacial score (nSPS) is 28.3. The van der Waals surface area contributed by atoms with E-state index in [0.717, 1.165) is 32.4 Å². The minimum Gasteiger partial charge on any atom is -0.481 e.